The highest BCUT2D eigenvalue weighted by molar-refractivity contribution is 6.09. The summed E-state index contributed by atoms with van der Waals surface area (Å²) in [5.41, 5.74) is 5.08. The van der Waals surface area contributed by atoms with E-state index >= 15 is 0 Å². The highest BCUT2D eigenvalue weighted by Gasteiger charge is 2.32. The molecule has 28 heavy (non-hydrogen) atoms. The minimum Gasteiger partial charge on any atom is -0.396 e. The minimum absolute atomic E-state index is 0.00256. The van der Waals surface area contributed by atoms with Crippen LogP contribution in [0.1, 0.15) is 46.2 Å². The van der Waals surface area contributed by atoms with Gasteiger partial charge in [0, 0.05) is 40.8 Å². The molecule has 5 nitrogen and oxygen atoms in total. The van der Waals surface area contributed by atoms with Crippen molar-refractivity contribution in [3.05, 3.63) is 65.4 Å². The number of carbonyl (C=O) groups is 1. The van der Waals surface area contributed by atoms with Gasteiger partial charge in [-0.15, -0.1) is 0 Å². The lowest BCUT2D eigenvalue weighted by Crippen LogP contribution is -2.30. The van der Waals surface area contributed by atoms with E-state index in [0.717, 1.165) is 48.1 Å². The molecule has 0 spiro atoms. The number of benzene rings is 2. The van der Waals surface area contributed by atoms with E-state index in [9.17, 15) is 9.90 Å². The topological polar surface area (TPSA) is 68.4 Å². The lowest BCUT2D eigenvalue weighted by Gasteiger charge is -2.22. The standard InChI is InChI=1S/C23H25N3O2/c27-14-17-13-26(22-4-2-1-3-18(17)22)23(28)16-5-6-21-19(11-16)20(12-25-21)15-7-9-24-10-8-15/h1-6,11-12,15,17,24-25,27H,7-10,13-14H2. The zero-order valence-electron chi connectivity index (χ0n) is 15.8. The van der Waals surface area contributed by atoms with Gasteiger partial charge in [0.1, 0.15) is 0 Å². The number of rotatable bonds is 3. The van der Waals surface area contributed by atoms with Crippen LogP contribution in [0.3, 0.4) is 0 Å². The van der Waals surface area contributed by atoms with Crippen molar-refractivity contribution in [1.82, 2.24) is 10.3 Å². The van der Waals surface area contributed by atoms with Crippen LogP contribution in [0.15, 0.2) is 48.7 Å². The number of carbonyl (C=O) groups excluding carboxylic acids is 1. The number of anilines is 1. The first-order valence-electron chi connectivity index (χ1n) is 10.1. The van der Waals surface area contributed by atoms with E-state index in [0.29, 0.717) is 18.0 Å². The molecule has 2 aliphatic rings. The van der Waals surface area contributed by atoms with E-state index in [2.05, 4.69) is 16.5 Å². The second-order valence-corrected chi connectivity index (χ2v) is 7.88. The number of piperidine rings is 1. The molecular weight excluding hydrogens is 350 g/mol. The molecular formula is C23H25N3O2. The fraction of sp³-hybridized carbons (Fsp3) is 0.348. The fourth-order valence-corrected chi connectivity index (χ4v) is 4.75. The van der Waals surface area contributed by atoms with Crippen LogP contribution >= 0.6 is 0 Å². The minimum atomic E-state index is -0.0126. The summed E-state index contributed by atoms with van der Waals surface area (Å²) >= 11 is 0. The van der Waals surface area contributed by atoms with Gasteiger partial charge in [-0.3, -0.25) is 4.79 Å². The molecule has 0 saturated carbocycles. The molecule has 2 aliphatic heterocycles. The normalized spacial score (nSPS) is 19.9. The first-order chi connectivity index (χ1) is 13.8. The Kier molecular flexibility index (Phi) is 4.41. The first-order valence-corrected chi connectivity index (χ1v) is 10.1. The largest absolute Gasteiger partial charge is 0.396 e. The molecule has 1 atom stereocenters. The van der Waals surface area contributed by atoms with Crippen molar-refractivity contribution < 1.29 is 9.90 Å². The lowest BCUT2D eigenvalue weighted by atomic mass is 9.89. The van der Waals surface area contributed by atoms with Crippen LogP contribution in [0.4, 0.5) is 5.69 Å². The molecule has 1 fully saturated rings. The van der Waals surface area contributed by atoms with Gasteiger partial charge in [0.25, 0.3) is 5.91 Å². The van der Waals surface area contributed by atoms with Crippen LogP contribution in [-0.2, 0) is 0 Å². The number of nitrogens with zero attached hydrogens (tertiary/aromatic N) is 1. The second-order valence-electron chi connectivity index (χ2n) is 7.88. The maximum atomic E-state index is 13.3. The Labute approximate surface area is 164 Å². The van der Waals surface area contributed by atoms with Gasteiger partial charge in [-0.05, 0) is 67.2 Å². The average molecular weight is 375 g/mol. The Morgan fingerprint density at radius 3 is 2.75 bits per heavy atom. The monoisotopic (exact) mass is 375 g/mol. The molecule has 1 amide bonds. The Bertz CT molecular complexity index is 1020. The number of aromatic nitrogens is 1. The van der Waals surface area contributed by atoms with Crippen molar-refractivity contribution in [3.8, 4) is 0 Å². The summed E-state index contributed by atoms with van der Waals surface area (Å²) < 4.78 is 0. The van der Waals surface area contributed by atoms with Crippen LogP contribution in [-0.4, -0.2) is 42.2 Å². The molecule has 2 aromatic carbocycles. The van der Waals surface area contributed by atoms with Gasteiger partial charge < -0.3 is 20.3 Å². The van der Waals surface area contributed by atoms with E-state index in [-0.39, 0.29) is 18.4 Å². The number of amides is 1. The number of para-hydroxylation sites is 1. The van der Waals surface area contributed by atoms with Crippen molar-refractivity contribution in [3.63, 3.8) is 0 Å². The van der Waals surface area contributed by atoms with Gasteiger partial charge in [0.15, 0.2) is 0 Å². The molecule has 0 radical (unpaired) electrons. The van der Waals surface area contributed by atoms with Crippen molar-refractivity contribution in [2.45, 2.75) is 24.7 Å². The Morgan fingerprint density at radius 1 is 1.11 bits per heavy atom. The quantitative estimate of drug-likeness (QED) is 0.657. The summed E-state index contributed by atoms with van der Waals surface area (Å²) in [6.07, 6.45) is 4.37. The number of hydrogen-bond donors (Lipinski definition) is 3. The average Bonchev–Trinajstić information content (AvgIpc) is 3.35. The highest BCUT2D eigenvalue weighted by atomic mass is 16.3. The van der Waals surface area contributed by atoms with Crippen molar-refractivity contribution in [2.24, 2.45) is 0 Å². The van der Waals surface area contributed by atoms with Gasteiger partial charge in [-0.1, -0.05) is 18.2 Å². The van der Waals surface area contributed by atoms with Crippen LogP contribution in [0.2, 0.25) is 0 Å². The second kappa shape index (κ2) is 7.08. The summed E-state index contributed by atoms with van der Waals surface area (Å²) in [6, 6.07) is 13.9. The van der Waals surface area contributed by atoms with Crippen molar-refractivity contribution >= 4 is 22.5 Å². The summed E-state index contributed by atoms with van der Waals surface area (Å²) in [5.74, 6) is 0.524. The molecule has 0 aliphatic carbocycles. The maximum Gasteiger partial charge on any atom is 0.258 e. The highest BCUT2D eigenvalue weighted by Crippen LogP contribution is 2.37. The zero-order valence-corrected chi connectivity index (χ0v) is 15.8. The molecule has 3 N–H and O–H groups in total. The van der Waals surface area contributed by atoms with E-state index < -0.39 is 0 Å². The van der Waals surface area contributed by atoms with Crippen LogP contribution in [0.5, 0.6) is 0 Å². The number of nitrogens with one attached hydrogen (secondary N) is 2. The number of aliphatic hydroxyl groups excluding tert-OH is 1. The number of aliphatic hydroxyl groups is 1. The maximum absolute atomic E-state index is 13.3. The van der Waals surface area contributed by atoms with E-state index in [1.807, 2.05) is 47.4 Å². The van der Waals surface area contributed by atoms with E-state index in [1.165, 1.54) is 5.56 Å². The van der Waals surface area contributed by atoms with Crippen LogP contribution in [0, 0.1) is 0 Å². The van der Waals surface area contributed by atoms with Crippen molar-refractivity contribution in [2.75, 3.05) is 31.1 Å². The molecule has 3 aromatic rings. The number of fused-ring (bicyclic) bond motifs is 2. The summed E-state index contributed by atoms with van der Waals surface area (Å²) in [4.78, 5) is 18.5. The Morgan fingerprint density at radius 2 is 1.93 bits per heavy atom. The van der Waals surface area contributed by atoms with E-state index in [4.69, 9.17) is 0 Å². The summed E-state index contributed by atoms with van der Waals surface area (Å²) in [6.45, 7) is 2.67. The third-order valence-corrected chi connectivity index (χ3v) is 6.28. The lowest BCUT2D eigenvalue weighted by molar-refractivity contribution is 0.0987. The smallest absolute Gasteiger partial charge is 0.258 e. The third-order valence-electron chi connectivity index (χ3n) is 6.28. The predicted molar refractivity (Wildman–Crippen MR) is 111 cm³/mol. The van der Waals surface area contributed by atoms with Crippen LogP contribution < -0.4 is 10.2 Å². The van der Waals surface area contributed by atoms with Gasteiger partial charge in [-0.2, -0.15) is 0 Å². The Hall–Kier alpha value is -2.63. The summed E-state index contributed by atoms with van der Waals surface area (Å²) in [7, 11) is 0. The van der Waals surface area contributed by atoms with E-state index in [1.54, 1.807) is 0 Å². The first kappa shape index (κ1) is 17.5. The fourth-order valence-electron chi connectivity index (χ4n) is 4.75. The number of hydrogen-bond acceptors (Lipinski definition) is 3. The van der Waals surface area contributed by atoms with Gasteiger partial charge in [0.2, 0.25) is 0 Å². The third kappa shape index (κ3) is 2.82. The van der Waals surface area contributed by atoms with Gasteiger partial charge in [-0.25, -0.2) is 0 Å². The SMILES string of the molecule is O=C(c1ccc2[nH]cc(C3CCNCC3)c2c1)N1CC(CO)c2ccccc21. The van der Waals surface area contributed by atoms with Crippen LogP contribution in [0.25, 0.3) is 10.9 Å². The Balaban J connectivity index is 1.50. The number of aromatic amines is 1. The number of H-pyrrole nitrogens is 1. The molecule has 1 aromatic heterocycles. The molecule has 5 rings (SSSR count). The van der Waals surface area contributed by atoms with Crippen molar-refractivity contribution in [1.29, 1.82) is 0 Å². The molecule has 144 valence electrons. The van der Waals surface area contributed by atoms with Gasteiger partial charge >= 0.3 is 0 Å². The molecule has 5 heteroatoms. The molecule has 0 bridgehead atoms. The van der Waals surface area contributed by atoms with Gasteiger partial charge in [0.05, 0.1) is 6.61 Å². The molecule has 1 saturated heterocycles. The zero-order chi connectivity index (χ0) is 19.1. The summed E-state index contributed by atoms with van der Waals surface area (Å²) in [5, 5.41) is 14.3. The molecule has 1 unspecified atom stereocenters. The molecule has 3 heterocycles. The predicted octanol–water partition coefficient (Wildman–Crippen LogP) is 3.37.